The Morgan fingerprint density at radius 3 is 2.53 bits per heavy atom. The number of amides is 1. The third-order valence-corrected chi connectivity index (χ3v) is 4.57. The molecule has 0 aliphatic rings. The fraction of sp³-hybridized carbons (Fsp3) is 0.273. The third kappa shape index (κ3) is 6.21. The minimum absolute atomic E-state index is 0.0317. The Morgan fingerprint density at radius 1 is 1.09 bits per heavy atom. The first kappa shape index (κ1) is 23.1. The Hall–Kier alpha value is -3.59. The predicted molar refractivity (Wildman–Crippen MR) is 117 cm³/mol. The SMILES string of the molecule is COC(=O)N(C)CCOC(=O)[C@@H](C)Oc1ccc(Oc2cnc3cc(Cl)ccc3n2)cc1. The normalized spacial score (nSPS) is 11.5. The van der Waals surface area contributed by atoms with Gasteiger partial charge in [-0.1, -0.05) is 11.6 Å². The number of likely N-dealkylation sites (N-methyl/N-ethyl adjacent to an activating group) is 1. The van der Waals surface area contributed by atoms with Crippen molar-refractivity contribution in [2.24, 2.45) is 0 Å². The lowest BCUT2D eigenvalue weighted by Crippen LogP contribution is -2.33. The molecule has 0 bridgehead atoms. The van der Waals surface area contributed by atoms with E-state index in [1.807, 2.05) is 0 Å². The van der Waals surface area contributed by atoms with Crippen molar-refractivity contribution in [3.63, 3.8) is 0 Å². The van der Waals surface area contributed by atoms with Crippen molar-refractivity contribution in [3.05, 3.63) is 53.7 Å². The summed E-state index contributed by atoms with van der Waals surface area (Å²) in [5.74, 6) is 0.784. The van der Waals surface area contributed by atoms with Gasteiger partial charge in [0.1, 0.15) is 18.1 Å². The Kier molecular flexibility index (Phi) is 7.67. The fourth-order valence-electron chi connectivity index (χ4n) is 2.62. The van der Waals surface area contributed by atoms with Crippen LogP contribution >= 0.6 is 11.6 Å². The molecule has 32 heavy (non-hydrogen) atoms. The lowest BCUT2D eigenvalue weighted by molar-refractivity contribution is -0.151. The van der Waals surface area contributed by atoms with E-state index in [0.29, 0.717) is 33.4 Å². The molecule has 0 fully saturated rings. The van der Waals surface area contributed by atoms with Crippen molar-refractivity contribution < 1.29 is 28.5 Å². The molecule has 1 aromatic heterocycles. The summed E-state index contributed by atoms with van der Waals surface area (Å²) in [6.45, 7) is 1.82. The number of esters is 1. The lowest BCUT2D eigenvalue weighted by atomic mass is 10.3. The van der Waals surface area contributed by atoms with E-state index in [0.717, 1.165) is 0 Å². The average Bonchev–Trinajstić information content (AvgIpc) is 2.79. The van der Waals surface area contributed by atoms with Crippen LogP contribution in [0.1, 0.15) is 6.92 Å². The number of carbonyl (C=O) groups excluding carboxylic acids is 2. The summed E-state index contributed by atoms with van der Waals surface area (Å²) in [4.78, 5) is 33.3. The topological polar surface area (TPSA) is 100 Å². The van der Waals surface area contributed by atoms with Gasteiger partial charge in [0.25, 0.3) is 0 Å². The molecule has 0 aliphatic heterocycles. The molecule has 0 N–H and O–H groups in total. The fourth-order valence-corrected chi connectivity index (χ4v) is 2.79. The Bertz CT molecular complexity index is 1090. The molecule has 1 heterocycles. The number of nitrogens with zero attached hydrogens (tertiary/aromatic N) is 3. The van der Waals surface area contributed by atoms with Crippen LogP contribution in [-0.4, -0.2) is 60.3 Å². The summed E-state index contributed by atoms with van der Waals surface area (Å²) in [6.07, 6.45) is 0.175. The molecule has 3 rings (SSSR count). The highest BCUT2D eigenvalue weighted by atomic mass is 35.5. The van der Waals surface area contributed by atoms with Crippen LogP contribution in [0.4, 0.5) is 4.79 Å². The number of hydrogen-bond donors (Lipinski definition) is 0. The third-order valence-electron chi connectivity index (χ3n) is 4.33. The quantitative estimate of drug-likeness (QED) is 0.464. The standard InChI is InChI=1S/C22H22ClN3O6/c1-14(21(27)30-11-10-26(2)22(28)29-3)31-16-5-7-17(8-6-16)32-20-13-24-19-12-15(23)4-9-18(19)25-20/h4-9,12-14H,10-11H2,1-3H3/t14-/m1/s1. The first-order chi connectivity index (χ1) is 15.4. The monoisotopic (exact) mass is 459 g/mol. The van der Waals surface area contributed by atoms with Crippen molar-refractivity contribution in [1.29, 1.82) is 0 Å². The van der Waals surface area contributed by atoms with Gasteiger partial charge in [-0.05, 0) is 49.4 Å². The molecule has 0 saturated carbocycles. The highest BCUT2D eigenvalue weighted by molar-refractivity contribution is 6.31. The molecule has 3 aromatic rings. The second-order valence-electron chi connectivity index (χ2n) is 6.73. The second-order valence-corrected chi connectivity index (χ2v) is 7.17. The van der Waals surface area contributed by atoms with Gasteiger partial charge in [-0.3, -0.25) is 0 Å². The van der Waals surface area contributed by atoms with Crippen LogP contribution < -0.4 is 9.47 Å². The number of benzene rings is 2. The number of fused-ring (bicyclic) bond motifs is 1. The first-order valence-electron chi connectivity index (χ1n) is 9.68. The van der Waals surface area contributed by atoms with Crippen molar-refractivity contribution in [1.82, 2.24) is 14.9 Å². The molecule has 1 atom stereocenters. The molecule has 2 aromatic carbocycles. The van der Waals surface area contributed by atoms with Crippen LogP contribution in [0, 0.1) is 0 Å². The highest BCUT2D eigenvalue weighted by Gasteiger charge is 2.17. The van der Waals surface area contributed by atoms with E-state index in [1.165, 1.54) is 18.2 Å². The molecule has 9 nitrogen and oxygen atoms in total. The maximum absolute atomic E-state index is 12.1. The maximum Gasteiger partial charge on any atom is 0.409 e. The predicted octanol–water partition coefficient (Wildman–Crippen LogP) is 4.08. The summed E-state index contributed by atoms with van der Waals surface area (Å²) in [5, 5.41) is 0.586. The van der Waals surface area contributed by atoms with Gasteiger partial charge >= 0.3 is 12.1 Å². The van der Waals surface area contributed by atoms with Gasteiger partial charge in [0, 0.05) is 12.1 Å². The minimum atomic E-state index is -0.830. The van der Waals surface area contributed by atoms with Gasteiger partial charge in [-0.15, -0.1) is 0 Å². The zero-order valence-electron chi connectivity index (χ0n) is 17.8. The number of aromatic nitrogens is 2. The Morgan fingerprint density at radius 2 is 1.81 bits per heavy atom. The summed E-state index contributed by atoms with van der Waals surface area (Å²) < 4.78 is 21.0. The van der Waals surface area contributed by atoms with Crippen molar-refractivity contribution in [2.75, 3.05) is 27.3 Å². The van der Waals surface area contributed by atoms with Gasteiger partial charge in [0.05, 0.1) is 30.9 Å². The van der Waals surface area contributed by atoms with Crippen LogP contribution in [0.3, 0.4) is 0 Å². The van der Waals surface area contributed by atoms with Crippen LogP contribution in [0.25, 0.3) is 11.0 Å². The second kappa shape index (κ2) is 10.6. The van der Waals surface area contributed by atoms with E-state index in [2.05, 4.69) is 14.7 Å². The highest BCUT2D eigenvalue weighted by Crippen LogP contribution is 2.25. The largest absolute Gasteiger partial charge is 0.479 e. The van der Waals surface area contributed by atoms with Crippen LogP contribution in [-0.2, 0) is 14.3 Å². The number of methoxy groups -OCH3 is 1. The number of rotatable bonds is 8. The van der Waals surface area contributed by atoms with E-state index >= 15 is 0 Å². The minimum Gasteiger partial charge on any atom is -0.479 e. The molecule has 168 valence electrons. The Balaban J connectivity index is 1.51. The first-order valence-corrected chi connectivity index (χ1v) is 10.1. The van der Waals surface area contributed by atoms with Crippen molar-refractivity contribution >= 4 is 34.7 Å². The zero-order chi connectivity index (χ0) is 23.1. The molecular formula is C22H22ClN3O6. The molecular weight excluding hydrogens is 438 g/mol. The smallest absolute Gasteiger partial charge is 0.409 e. The summed E-state index contributed by atoms with van der Waals surface area (Å²) in [6, 6.07) is 11.9. The number of hydrogen-bond acceptors (Lipinski definition) is 8. The molecule has 0 spiro atoms. The maximum atomic E-state index is 12.1. The van der Waals surface area contributed by atoms with Gasteiger partial charge in [0.2, 0.25) is 5.88 Å². The van der Waals surface area contributed by atoms with E-state index < -0.39 is 18.2 Å². The van der Waals surface area contributed by atoms with E-state index in [4.69, 9.17) is 25.8 Å². The summed E-state index contributed by atoms with van der Waals surface area (Å²) >= 11 is 5.95. The van der Waals surface area contributed by atoms with Gasteiger partial charge < -0.3 is 23.8 Å². The van der Waals surface area contributed by atoms with Crippen molar-refractivity contribution in [2.45, 2.75) is 13.0 Å². The van der Waals surface area contributed by atoms with Crippen LogP contribution in [0.2, 0.25) is 5.02 Å². The molecule has 0 saturated heterocycles. The number of ether oxygens (including phenoxy) is 4. The number of halogens is 1. The average molecular weight is 460 g/mol. The van der Waals surface area contributed by atoms with Crippen molar-refractivity contribution in [3.8, 4) is 17.4 Å². The summed E-state index contributed by atoms with van der Waals surface area (Å²) in [7, 11) is 2.82. The van der Waals surface area contributed by atoms with Gasteiger partial charge in [-0.2, -0.15) is 0 Å². The zero-order valence-corrected chi connectivity index (χ0v) is 18.5. The molecule has 1 amide bonds. The van der Waals surface area contributed by atoms with E-state index in [9.17, 15) is 9.59 Å². The molecule has 10 heteroatoms. The van der Waals surface area contributed by atoms with E-state index in [1.54, 1.807) is 56.4 Å². The van der Waals surface area contributed by atoms with Gasteiger partial charge in [0.15, 0.2) is 6.10 Å². The van der Waals surface area contributed by atoms with E-state index in [-0.39, 0.29) is 13.2 Å². The summed E-state index contributed by atoms with van der Waals surface area (Å²) in [5.41, 5.74) is 1.34. The number of carbonyl (C=O) groups is 2. The molecule has 0 radical (unpaired) electrons. The molecule has 0 aliphatic carbocycles. The Labute approximate surface area is 189 Å². The lowest BCUT2D eigenvalue weighted by Gasteiger charge is -2.17. The van der Waals surface area contributed by atoms with Gasteiger partial charge in [-0.25, -0.2) is 19.6 Å². The van der Waals surface area contributed by atoms with Crippen LogP contribution in [0.5, 0.6) is 17.4 Å². The van der Waals surface area contributed by atoms with Crippen LogP contribution in [0.15, 0.2) is 48.7 Å². The molecule has 0 unspecified atom stereocenters.